The first-order valence-electron chi connectivity index (χ1n) is 4.44. The van der Waals surface area contributed by atoms with Crippen LogP contribution in [0.4, 0.5) is 0 Å². The first-order chi connectivity index (χ1) is 6.43. The van der Waals surface area contributed by atoms with E-state index in [9.17, 15) is 0 Å². The summed E-state index contributed by atoms with van der Waals surface area (Å²) in [5.74, 6) is 0. The SMILES string of the molecule is CCc1ccccc1.c1ccoc1. The molecule has 0 fully saturated rings. The van der Waals surface area contributed by atoms with Gasteiger partial charge in [0, 0.05) is 0 Å². The van der Waals surface area contributed by atoms with Gasteiger partial charge in [0.15, 0.2) is 0 Å². The lowest BCUT2D eigenvalue weighted by Crippen LogP contribution is -1.73. The summed E-state index contributed by atoms with van der Waals surface area (Å²) in [6, 6.07) is 14.1. The van der Waals surface area contributed by atoms with E-state index in [1.54, 1.807) is 12.5 Å². The maximum Gasteiger partial charge on any atom is 0.0902 e. The van der Waals surface area contributed by atoms with Crippen molar-refractivity contribution in [2.45, 2.75) is 13.3 Å². The third-order valence-electron chi connectivity index (χ3n) is 1.68. The molecule has 1 aromatic heterocycles. The number of rotatable bonds is 1. The number of benzene rings is 1. The van der Waals surface area contributed by atoms with Crippen LogP contribution in [0.5, 0.6) is 0 Å². The highest BCUT2D eigenvalue weighted by molar-refractivity contribution is 5.13. The number of aryl methyl sites for hydroxylation is 1. The van der Waals surface area contributed by atoms with E-state index in [1.807, 2.05) is 18.2 Å². The lowest BCUT2D eigenvalue weighted by Gasteiger charge is -1.89. The highest BCUT2D eigenvalue weighted by atomic mass is 16.3. The zero-order valence-corrected chi connectivity index (χ0v) is 7.81. The van der Waals surface area contributed by atoms with Gasteiger partial charge in [0.05, 0.1) is 12.5 Å². The molecule has 0 bridgehead atoms. The van der Waals surface area contributed by atoms with Crippen molar-refractivity contribution in [3.8, 4) is 0 Å². The highest BCUT2D eigenvalue weighted by Crippen LogP contribution is 1.96. The molecule has 0 aliphatic rings. The maximum absolute atomic E-state index is 4.58. The molecule has 0 N–H and O–H groups in total. The molecule has 2 rings (SSSR count). The van der Waals surface area contributed by atoms with Crippen molar-refractivity contribution in [3.63, 3.8) is 0 Å². The van der Waals surface area contributed by atoms with Crippen LogP contribution in [0, 0.1) is 0 Å². The Labute approximate surface area is 79.0 Å². The van der Waals surface area contributed by atoms with Crippen LogP contribution in [0.25, 0.3) is 0 Å². The second-order valence-corrected chi connectivity index (χ2v) is 2.63. The van der Waals surface area contributed by atoms with Crippen LogP contribution < -0.4 is 0 Å². The fourth-order valence-electron chi connectivity index (χ4n) is 0.941. The monoisotopic (exact) mass is 174 g/mol. The molecule has 0 aliphatic carbocycles. The molecule has 2 aromatic rings. The average Bonchev–Trinajstić information content (AvgIpc) is 2.77. The number of hydrogen-bond acceptors (Lipinski definition) is 1. The second-order valence-electron chi connectivity index (χ2n) is 2.63. The van der Waals surface area contributed by atoms with Gasteiger partial charge < -0.3 is 4.42 Å². The van der Waals surface area contributed by atoms with Crippen LogP contribution in [0.2, 0.25) is 0 Å². The largest absolute Gasteiger partial charge is 0.473 e. The molecule has 68 valence electrons. The topological polar surface area (TPSA) is 13.1 Å². The van der Waals surface area contributed by atoms with E-state index < -0.39 is 0 Å². The van der Waals surface area contributed by atoms with E-state index in [1.165, 1.54) is 5.56 Å². The van der Waals surface area contributed by atoms with E-state index in [0.29, 0.717) is 0 Å². The minimum absolute atomic E-state index is 1.14. The molecule has 0 radical (unpaired) electrons. The molecule has 0 spiro atoms. The molecular weight excluding hydrogens is 160 g/mol. The predicted octanol–water partition coefficient (Wildman–Crippen LogP) is 3.53. The minimum atomic E-state index is 1.14. The predicted molar refractivity (Wildman–Crippen MR) is 54.5 cm³/mol. The summed E-state index contributed by atoms with van der Waals surface area (Å²) in [5.41, 5.74) is 1.41. The normalized spacial score (nSPS) is 8.69. The van der Waals surface area contributed by atoms with Gasteiger partial charge in [-0.15, -0.1) is 0 Å². The van der Waals surface area contributed by atoms with Gasteiger partial charge in [-0.25, -0.2) is 0 Å². The zero-order valence-electron chi connectivity index (χ0n) is 7.81. The standard InChI is InChI=1S/C8H10.C4H4O/c1-2-8-6-4-3-5-7-8;1-2-4-5-3-1/h3-7H,2H2,1H3;1-4H. The number of hydrogen-bond donors (Lipinski definition) is 0. The minimum Gasteiger partial charge on any atom is -0.473 e. The molecule has 0 saturated carbocycles. The van der Waals surface area contributed by atoms with Gasteiger partial charge >= 0.3 is 0 Å². The molecule has 1 heterocycles. The van der Waals surface area contributed by atoms with Crippen LogP contribution in [0.1, 0.15) is 12.5 Å². The van der Waals surface area contributed by atoms with Gasteiger partial charge in [-0.2, -0.15) is 0 Å². The van der Waals surface area contributed by atoms with Crippen molar-refractivity contribution in [1.82, 2.24) is 0 Å². The lowest BCUT2D eigenvalue weighted by molar-refractivity contribution is 0.567. The summed E-state index contributed by atoms with van der Waals surface area (Å²) < 4.78 is 4.58. The molecule has 0 aliphatic heterocycles. The lowest BCUT2D eigenvalue weighted by atomic mass is 10.2. The molecule has 1 heteroatoms. The Morgan fingerprint density at radius 2 is 1.54 bits per heavy atom. The van der Waals surface area contributed by atoms with Gasteiger partial charge in [-0.05, 0) is 24.1 Å². The van der Waals surface area contributed by atoms with Gasteiger partial charge in [-0.1, -0.05) is 37.3 Å². The third-order valence-corrected chi connectivity index (χ3v) is 1.68. The number of furan rings is 1. The maximum atomic E-state index is 4.58. The molecular formula is C12H14O. The van der Waals surface area contributed by atoms with Crippen LogP contribution in [0.15, 0.2) is 59.4 Å². The summed E-state index contributed by atoms with van der Waals surface area (Å²) in [5, 5.41) is 0. The molecule has 1 nitrogen and oxygen atoms in total. The zero-order chi connectivity index (χ0) is 9.36. The van der Waals surface area contributed by atoms with Crippen LogP contribution in [0.3, 0.4) is 0 Å². The van der Waals surface area contributed by atoms with Crippen LogP contribution in [-0.4, -0.2) is 0 Å². The summed E-state index contributed by atoms with van der Waals surface area (Å²) >= 11 is 0. The fourth-order valence-corrected chi connectivity index (χ4v) is 0.941. The van der Waals surface area contributed by atoms with Gasteiger partial charge in [-0.3, -0.25) is 0 Å². The van der Waals surface area contributed by atoms with Crippen molar-refractivity contribution in [3.05, 3.63) is 60.6 Å². The molecule has 0 saturated heterocycles. The van der Waals surface area contributed by atoms with Crippen molar-refractivity contribution >= 4 is 0 Å². The first-order valence-corrected chi connectivity index (χ1v) is 4.44. The second kappa shape index (κ2) is 6.06. The van der Waals surface area contributed by atoms with E-state index in [4.69, 9.17) is 0 Å². The Kier molecular flexibility index (Phi) is 4.47. The van der Waals surface area contributed by atoms with E-state index in [-0.39, 0.29) is 0 Å². The van der Waals surface area contributed by atoms with Crippen molar-refractivity contribution in [2.24, 2.45) is 0 Å². The third kappa shape index (κ3) is 4.16. The van der Waals surface area contributed by atoms with Gasteiger partial charge in [0.25, 0.3) is 0 Å². The van der Waals surface area contributed by atoms with Gasteiger partial charge in [0.2, 0.25) is 0 Å². The molecule has 13 heavy (non-hydrogen) atoms. The van der Waals surface area contributed by atoms with E-state index in [0.717, 1.165) is 6.42 Å². The fraction of sp³-hybridized carbons (Fsp3) is 0.167. The van der Waals surface area contributed by atoms with Crippen LogP contribution in [-0.2, 0) is 6.42 Å². The molecule has 0 atom stereocenters. The first kappa shape index (κ1) is 9.59. The summed E-state index contributed by atoms with van der Waals surface area (Å²) in [6.45, 7) is 2.16. The van der Waals surface area contributed by atoms with Crippen LogP contribution >= 0.6 is 0 Å². The molecule has 0 unspecified atom stereocenters. The Morgan fingerprint density at radius 1 is 0.923 bits per heavy atom. The van der Waals surface area contributed by atoms with Gasteiger partial charge in [0.1, 0.15) is 0 Å². The van der Waals surface area contributed by atoms with E-state index in [2.05, 4.69) is 35.6 Å². The Hall–Kier alpha value is -1.50. The highest BCUT2D eigenvalue weighted by Gasteiger charge is 1.79. The van der Waals surface area contributed by atoms with Crippen molar-refractivity contribution < 1.29 is 4.42 Å². The smallest absolute Gasteiger partial charge is 0.0902 e. The van der Waals surface area contributed by atoms with Crippen molar-refractivity contribution in [1.29, 1.82) is 0 Å². The summed E-state index contributed by atoms with van der Waals surface area (Å²) in [7, 11) is 0. The summed E-state index contributed by atoms with van der Waals surface area (Å²) in [4.78, 5) is 0. The van der Waals surface area contributed by atoms with Crippen molar-refractivity contribution in [2.75, 3.05) is 0 Å². The Bertz CT molecular complexity index is 267. The van der Waals surface area contributed by atoms with E-state index >= 15 is 0 Å². The molecule has 1 aromatic carbocycles. The Morgan fingerprint density at radius 3 is 1.85 bits per heavy atom. The molecule has 0 amide bonds. The summed E-state index contributed by atoms with van der Waals surface area (Å²) in [6.07, 6.45) is 4.39. The quantitative estimate of drug-likeness (QED) is 0.644. The average molecular weight is 174 g/mol. The Balaban J connectivity index is 0.000000145.